The van der Waals surface area contributed by atoms with Gasteiger partial charge in [0.15, 0.2) is 0 Å². The van der Waals surface area contributed by atoms with Crippen molar-refractivity contribution in [2.75, 3.05) is 19.8 Å². The molecule has 0 bridgehead atoms. The van der Waals surface area contributed by atoms with Crippen molar-refractivity contribution >= 4 is 0 Å². The normalized spacial score (nSPS) is 13.9. The molecule has 20 heavy (non-hydrogen) atoms. The number of hydrogen-bond donors (Lipinski definition) is 3. The summed E-state index contributed by atoms with van der Waals surface area (Å²) < 4.78 is 5.41. The van der Waals surface area contributed by atoms with E-state index in [9.17, 15) is 5.11 Å². The van der Waals surface area contributed by atoms with Crippen LogP contribution in [-0.2, 0) is 16.7 Å². The summed E-state index contributed by atoms with van der Waals surface area (Å²) in [5.41, 5.74) is 2.33. The maximum absolute atomic E-state index is 9.81. The van der Waals surface area contributed by atoms with E-state index >= 15 is 0 Å². The Hall–Kier alpha value is -0.910. The first-order valence-corrected chi connectivity index (χ1v) is 7.30. The lowest BCUT2D eigenvalue weighted by Gasteiger charge is -2.19. The molecule has 116 valence electrons. The topological polar surface area (TPSA) is 70.2 Å². The number of rotatable bonds is 8. The Balaban J connectivity index is 2.29. The monoisotopic (exact) mass is 283 g/mol. The summed E-state index contributed by atoms with van der Waals surface area (Å²) >= 11 is 0. The van der Waals surface area contributed by atoms with Crippen LogP contribution in [0.15, 0.2) is 6.20 Å². The lowest BCUT2D eigenvalue weighted by molar-refractivity contribution is 0.0260. The molecule has 1 atom stereocenters. The molecule has 5 heteroatoms. The van der Waals surface area contributed by atoms with Crippen molar-refractivity contribution in [2.24, 2.45) is 5.92 Å². The highest BCUT2D eigenvalue weighted by atomic mass is 16.5. The Labute approximate surface area is 122 Å². The maximum Gasteiger partial charge on any atom is 0.0897 e. The van der Waals surface area contributed by atoms with Gasteiger partial charge in [0.2, 0.25) is 0 Å². The molecule has 0 aliphatic heterocycles. The summed E-state index contributed by atoms with van der Waals surface area (Å²) in [6, 6.07) is 0. The van der Waals surface area contributed by atoms with Crippen LogP contribution in [0.1, 0.15) is 45.9 Å². The first kappa shape index (κ1) is 17.1. The summed E-state index contributed by atoms with van der Waals surface area (Å²) in [7, 11) is 0. The molecule has 0 aliphatic rings. The third kappa shape index (κ3) is 6.03. The van der Waals surface area contributed by atoms with Gasteiger partial charge in [-0.25, -0.2) is 0 Å². The van der Waals surface area contributed by atoms with E-state index in [-0.39, 0.29) is 5.41 Å². The molecule has 5 nitrogen and oxygen atoms in total. The third-order valence-corrected chi connectivity index (χ3v) is 2.92. The first-order chi connectivity index (χ1) is 9.30. The smallest absolute Gasteiger partial charge is 0.0897 e. The minimum absolute atomic E-state index is 0.0481. The fraction of sp³-hybridized carbons (Fsp3) is 0.800. The van der Waals surface area contributed by atoms with Gasteiger partial charge in [-0.3, -0.25) is 5.10 Å². The van der Waals surface area contributed by atoms with Crippen LogP contribution < -0.4 is 5.32 Å². The molecule has 0 saturated heterocycles. The Kier molecular flexibility index (Phi) is 6.65. The van der Waals surface area contributed by atoms with E-state index in [1.165, 1.54) is 0 Å². The summed E-state index contributed by atoms with van der Waals surface area (Å²) in [4.78, 5) is 0. The minimum atomic E-state index is -0.473. The highest BCUT2D eigenvalue weighted by molar-refractivity contribution is 5.23. The van der Waals surface area contributed by atoms with E-state index in [0.717, 1.165) is 11.3 Å². The molecule has 0 aromatic carbocycles. The standard InChI is InChI=1S/C15H29N3O2/c1-11(2)9-20-10-13(19)8-16-6-12-7-17-18-14(12)15(3,4)5/h7,11,13,16,19H,6,8-10H2,1-5H3,(H,17,18)/t13-/m1/s1. The average molecular weight is 283 g/mol. The average Bonchev–Trinajstić information content (AvgIpc) is 2.76. The van der Waals surface area contributed by atoms with Crippen LogP contribution in [0.25, 0.3) is 0 Å². The Bertz CT molecular complexity index is 383. The van der Waals surface area contributed by atoms with Crippen molar-refractivity contribution < 1.29 is 9.84 Å². The molecule has 0 amide bonds. The number of aromatic amines is 1. The van der Waals surface area contributed by atoms with E-state index in [0.29, 0.717) is 32.2 Å². The number of nitrogens with zero attached hydrogens (tertiary/aromatic N) is 1. The van der Waals surface area contributed by atoms with Crippen LogP contribution in [-0.4, -0.2) is 41.2 Å². The van der Waals surface area contributed by atoms with Gasteiger partial charge >= 0.3 is 0 Å². The number of hydrogen-bond acceptors (Lipinski definition) is 4. The number of aliphatic hydroxyl groups excluding tert-OH is 1. The summed E-state index contributed by atoms with van der Waals surface area (Å²) in [6.07, 6.45) is 1.37. The molecule has 1 rings (SSSR count). The first-order valence-electron chi connectivity index (χ1n) is 7.30. The van der Waals surface area contributed by atoms with E-state index in [4.69, 9.17) is 4.74 Å². The highest BCUT2D eigenvalue weighted by Gasteiger charge is 2.19. The molecule has 1 aromatic heterocycles. The van der Waals surface area contributed by atoms with Crippen LogP contribution in [0.2, 0.25) is 0 Å². The van der Waals surface area contributed by atoms with Crippen LogP contribution >= 0.6 is 0 Å². The zero-order chi connectivity index (χ0) is 15.2. The van der Waals surface area contributed by atoms with Crippen molar-refractivity contribution in [1.29, 1.82) is 0 Å². The summed E-state index contributed by atoms with van der Waals surface area (Å²) in [6.45, 7) is 12.9. The van der Waals surface area contributed by atoms with Gasteiger partial charge in [-0.05, 0) is 5.92 Å². The number of aliphatic hydroxyl groups is 1. The molecule has 0 saturated carbocycles. The fourth-order valence-corrected chi connectivity index (χ4v) is 1.97. The van der Waals surface area contributed by atoms with Gasteiger partial charge in [0.05, 0.1) is 18.9 Å². The molecule has 0 spiro atoms. The lowest BCUT2D eigenvalue weighted by atomic mass is 9.89. The van der Waals surface area contributed by atoms with Crippen molar-refractivity contribution in [3.8, 4) is 0 Å². The quantitative estimate of drug-likeness (QED) is 0.681. The van der Waals surface area contributed by atoms with Crippen LogP contribution in [0, 0.1) is 5.92 Å². The van der Waals surface area contributed by atoms with E-state index < -0.39 is 6.10 Å². The van der Waals surface area contributed by atoms with Crippen molar-refractivity contribution in [3.63, 3.8) is 0 Å². The van der Waals surface area contributed by atoms with Gasteiger partial charge < -0.3 is 15.2 Å². The lowest BCUT2D eigenvalue weighted by Crippen LogP contribution is -2.31. The number of ether oxygens (including phenoxy) is 1. The number of nitrogens with one attached hydrogen (secondary N) is 2. The molecule has 1 heterocycles. The van der Waals surface area contributed by atoms with Crippen LogP contribution in [0.5, 0.6) is 0 Å². The van der Waals surface area contributed by atoms with Gasteiger partial charge in [-0.2, -0.15) is 5.10 Å². The second-order valence-corrected chi connectivity index (χ2v) is 6.74. The van der Waals surface area contributed by atoms with Crippen molar-refractivity contribution in [3.05, 3.63) is 17.5 Å². The third-order valence-electron chi connectivity index (χ3n) is 2.92. The fourth-order valence-electron chi connectivity index (χ4n) is 1.97. The maximum atomic E-state index is 9.81. The highest BCUT2D eigenvalue weighted by Crippen LogP contribution is 2.23. The van der Waals surface area contributed by atoms with E-state index in [1.54, 1.807) is 0 Å². The van der Waals surface area contributed by atoms with E-state index in [2.05, 4.69) is 50.1 Å². The zero-order valence-electron chi connectivity index (χ0n) is 13.4. The van der Waals surface area contributed by atoms with Gasteiger partial charge in [0.1, 0.15) is 0 Å². The Morgan fingerprint density at radius 2 is 2.05 bits per heavy atom. The van der Waals surface area contributed by atoms with Crippen LogP contribution in [0.3, 0.4) is 0 Å². The molecule has 3 N–H and O–H groups in total. The predicted octanol–water partition coefficient (Wildman–Crippen LogP) is 1.83. The number of H-pyrrole nitrogens is 1. The van der Waals surface area contributed by atoms with Gasteiger partial charge in [-0.1, -0.05) is 34.6 Å². The number of aromatic nitrogens is 2. The molecule has 0 radical (unpaired) electrons. The molecule has 0 aliphatic carbocycles. The zero-order valence-corrected chi connectivity index (χ0v) is 13.4. The Morgan fingerprint density at radius 3 is 2.65 bits per heavy atom. The molecular formula is C15H29N3O2. The molecule has 0 fully saturated rings. The molecule has 1 aromatic rings. The van der Waals surface area contributed by atoms with Gasteiger partial charge in [-0.15, -0.1) is 0 Å². The predicted molar refractivity (Wildman–Crippen MR) is 80.7 cm³/mol. The van der Waals surface area contributed by atoms with E-state index in [1.807, 2.05) is 6.20 Å². The largest absolute Gasteiger partial charge is 0.389 e. The van der Waals surface area contributed by atoms with Crippen molar-refractivity contribution in [2.45, 2.75) is 52.7 Å². The van der Waals surface area contributed by atoms with Crippen LogP contribution in [0.4, 0.5) is 0 Å². The minimum Gasteiger partial charge on any atom is -0.389 e. The summed E-state index contributed by atoms with van der Waals surface area (Å²) in [5, 5.41) is 20.2. The van der Waals surface area contributed by atoms with Crippen molar-refractivity contribution in [1.82, 2.24) is 15.5 Å². The SMILES string of the molecule is CC(C)COC[C@H](O)CNCc1cn[nH]c1C(C)(C)C. The molecule has 0 unspecified atom stereocenters. The molecular weight excluding hydrogens is 254 g/mol. The second kappa shape index (κ2) is 7.76. The second-order valence-electron chi connectivity index (χ2n) is 6.74. The Morgan fingerprint density at radius 1 is 1.35 bits per heavy atom. The van der Waals surface area contributed by atoms with Gasteiger partial charge in [0.25, 0.3) is 0 Å². The summed E-state index contributed by atoms with van der Waals surface area (Å²) in [5.74, 6) is 0.496. The van der Waals surface area contributed by atoms with Gasteiger partial charge in [0, 0.05) is 36.4 Å².